The van der Waals surface area contributed by atoms with Crippen molar-refractivity contribution in [2.75, 3.05) is 0 Å². The van der Waals surface area contributed by atoms with Crippen molar-refractivity contribution < 1.29 is 4.39 Å². The topological polar surface area (TPSA) is 38.0 Å². The molecule has 6 heteroatoms. The molecule has 0 aliphatic carbocycles. The van der Waals surface area contributed by atoms with E-state index in [0.717, 1.165) is 11.1 Å². The van der Waals surface area contributed by atoms with E-state index >= 15 is 0 Å². The Labute approximate surface area is 135 Å². The molecule has 3 N–H and O–H groups in total. The molecule has 1 unspecified atom stereocenters. The quantitative estimate of drug-likeness (QED) is 0.601. The number of halogens is 4. The van der Waals surface area contributed by atoms with Crippen LogP contribution in [-0.4, -0.2) is 0 Å². The summed E-state index contributed by atoms with van der Waals surface area (Å²) in [5.74, 6) is 5.28. The standard InChI is InChI=1S/C14H12BrCl2FN2/c15-11-6-8(1-4-13(11)18)14(20-19)7-9-5-10(16)2-3-12(9)17/h1-6,14,20H,7,19H2. The molecule has 20 heavy (non-hydrogen) atoms. The maximum Gasteiger partial charge on any atom is 0.137 e. The highest BCUT2D eigenvalue weighted by molar-refractivity contribution is 9.10. The predicted octanol–water partition coefficient (Wildman–Crippen LogP) is 4.64. The first kappa shape index (κ1) is 15.7. The molecule has 106 valence electrons. The lowest BCUT2D eigenvalue weighted by Gasteiger charge is -2.18. The maximum absolute atomic E-state index is 13.3. The van der Waals surface area contributed by atoms with E-state index in [1.54, 1.807) is 30.3 Å². The van der Waals surface area contributed by atoms with Crippen LogP contribution < -0.4 is 11.3 Å². The molecule has 0 aliphatic rings. The van der Waals surface area contributed by atoms with Gasteiger partial charge in [0.1, 0.15) is 5.82 Å². The minimum Gasteiger partial charge on any atom is -0.271 e. The minimum absolute atomic E-state index is 0.192. The van der Waals surface area contributed by atoms with Gasteiger partial charge in [-0.15, -0.1) is 0 Å². The van der Waals surface area contributed by atoms with Gasteiger partial charge in [-0.25, -0.2) is 4.39 Å². The summed E-state index contributed by atoms with van der Waals surface area (Å²) in [5.41, 5.74) is 4.45. The van der Waals surface area contributed by atoms with Crippen molar-refractivity contribution in [2.45, 2.75) is 12.5 Å². The monoisotopic (exact) mass is 376 g/mol. The summed E-state index contributed by atoms with van der Waals surface area (Å²) < 4.78 is 13.7. The molecule has 1 atom stereocenters. The van der Waals surface area contributed by atoms with Gasteiger partial charge in [0.25, 0.3) is 0 Å². The first-order chi connectivity index (χ1) is 9.51. The van der Waals surface area contributed by atoms with Crippen LogP contribution in [0.4, 0.5) is 4.39 Å². The fourth-order valence-corrected chi connectivity index (χ4v) is 2.71. The zero-order valence-electron chi connectivity index (χ0n) is 10.3. The Kier molecular flexibility index (Phi) is 5.41. The first-order valence-corrected chi connectivity index (χ1v) is 7.41. The highest BCUT2D eigenvalue weighted by Crippen LogP contribution is 2.27. The predicted molar refractivity (Wildman–Crippen MR) is 84.3 cm³/mol. The molecule has 2 nitrogen and oxygen atoms in total. The normalized spacial score (nSPS) is 12.4. The average Bonchev–Trinajstić information content (AvgIpc) is 2.43. The summed E-state index contributed by atoms with van der Waals surface area (Å²) in [7, 11) is 0. The van der Waals surface area contributed by atoms with Crippen molar-refractivity contribution in [2.24, 2.45) is 5.84 Å². The highest BCUT2D eigenvalue weighted by atomic mass is 79.9. The smallest absolute Gasteiger partial charge is 0.137 e. The first-order valence-electron chi connectivity index (χ1n) is 5.86. The molecule has 2 rings (SSSR count). The molecule has 0 saturated carbocycles. The lowest BCUT2D eigenvalue weighted by atomic mass is 9.99. The second kappa shape index (κ2) is 6.87. The number of nitrogens with one attached hydrogen (secondary N) is 1. The van der Waals surface area contributed by atoms with E-state index < -0.39 is 0 Å². The highest BCUT2D eigenvalue weighted by Gasteiger charge is 2.14. The number of hydrogen-bond acceptors (Lipinski definition) is 2. The zero-order valence-corrected chi connectivity index (χ0v) is 13.4. The molecule has 0 fully saturated rings. The second-order valence-electron chi connectivity index (χ2n) is 4.33. The summed E-state index contributed by atoms with van der Waals surface area (Å²) in [4.78, 5) is 0. The molecule has 0 aromatic heterocycles. The van der Waals surface area contributed by atoms with Gasteiger partial charge in [0.05, 0.1) is 10.5 Å². The lowest BCUT2D eigenvalue weighted by Crippen LogP contribution is -2.29. The molecule has 0 aliphatic heterocycles. The van der Waals surface area contributed by atoms with Crippen LogP contribution >= 0.6 is 39.1 Å². The van der Waals surface area contributed by atoms with Crippen molar-refractivity contribution >= 4 is 39.1 Å². The van der Waals surface area contributed by atoms with E-state index in [1.165, 1.54) is 6.07 Å². The third-order valence-electron chi connectivity index (χ3n) is 2.98. The zero-order chi connectivity index (χ0) is 14.7. The molecular weight excluding hydrogens is 366 g/mol. The van der Waals surface area contributed by atoms with Gasteiger partial charge < -0.3 is 0 Å². The molecule has 0 saturated heterocycles. The Morgan fingerprint density at radius 3 is 2.60 bits per heavy atom. The number of nitrogens with two attached hydrogens (primary N) is 1. The second-order valence-corrected chi connectivity index (χ2v) is 6.03. The Balaban J connectivity index is 2.28. The Morgan fingerprint density at radius 2 is 1.95 bits per heavy atom. The number of hydrogen-bond donors (Lipinski definition) is 2. The minimum atomic E-state index is -0.315. The Hall–Kier alpha value is -0.650. The molecule has 2 aromatic carbocycles. The van der Waals surface area contributed by atoms with Crippen molar-refractivity contribution in [3.8, 4) is 0 Å². The Morgan fingerprint density at radius 1 is 1.20 bits per heavy atom. The molecular formula is C14H12BrCl2FN2. The van der Waals surface area contributed by atoms with E-state index in [2.05, 4.69) is 21.4 Å². The van der Waals surface area contributed by atoms with Crippen LogP contribution in [0.5, 0.6) is 0 Å². The van der Waals surface area contributed by atoms with Crippen molar-refractivity contribution in [1.29, 1.82) is 0 Å². The SMILES string of the molecule is NNC(Cc1cc(Cl)ccc1Cl)c1ccc(F)c(Br)c1. The van der Waals surface area contributed by atoms with Gasteiger partial charge in [0, 0.05) is 10.0 Å². The lowest BCUT2D eigenvalue weighted by molar-refractivity contribution is 0.548. The molecule has 0 heterocycles. The summed E-state index contributed by atoms with van der Waals surface area (Å²) in [6.45, 7) is 0. The van der Waals surface area contributed by atoms with Crippen LogP contribution in [0.1, 0.15) is 17.2 Å². The van der Waals surface area contributed by atoms with Gasteiger partial charge in [0.15, 0.2) is 0 Å². The van der Waals surface area contributed by atoms with Gasteiger partial charge in [-0.05, 0) is 63.8 Å². The van der Waals surface area contributed by atoms with Gasteiger partial charge in [-0.1, -0.05) is 29.3 Å². The molecule has 0 amide bonds. The summed E-state index contributed by atoms with van der Waals surface area (Å²) >= 11 is 15.3. The van der Waals surface area contributed by atoms with Crippen molar-refractivity contribution in [3.05, 3.63) is 67.9 Å². The van der Waals surface area contributed by atoms with Crippen LogP contribution in [0.2, 0.25) is 10.0 Å². The Bertz CT molecular complexity index is 622. The molecule has 2 aromatic rings. The fraction of sp³-hybridized carbons (Fsp3) is 0.143. The summed E-state index contributed by atoms with van der Waals surface area (Å²) in [5, 5.41) is 1.23. The van der Waals surface area contributed by atoms with Crippen molar-refractivity contribution in [3.63, 3.8) is 0 Å². The van der Waals surface area contributed by atoms with Gasteiger partial charge in [0.2, 0.25) is 0 Å². The summed E-state index contributed by atoms with van der Waals surface area (Å²) in [6, 6.07) is 9.85. The number of hydrazine groups is 1. The number of benzene rings is 2. The largest absolute Gasteiger partial charge is 0.271 e. The van der Waals surface area contributed by atoms with Crippen LogP contribution in [0, 0.1) is 5.82 Å². The van der Waals surface area contributed by atoms with Crippen LogP contribution in [0.3, 0.4) is 0 Å². The van der Waals surface area contributed by atoms with Crippen LogP contribution in [0.25, 0.3) is 0 Å². The summed E-state index contributed by atoms with van der Waals surface area (Å²) in [6.07, 6.45) is 0.550. The third kappa shape index (κ3) is 3.71. The van der Waals surface area contributed by atoms with Crippen LogP contribution in [0.15, 0.2) is 40.9 Å². The van der Waals surface area contributed by atoms with Gasteiger partial charge >= 0.3 is 0 Å². The van der Waals surface area contributed by atoms with Crippen molar-refractivity contribution in [1.82, 2.24) is 5.43 Å². The van der Waals surface area contributed by atoms with E-state index in [9.17, 15) is 4.39 Å². The van der Waals surface area contributed by atoms with Gasteiger partial charge in [-0.2, -0.15) is 0 Å². The maximum atomic E-state index is 13.3. The fourth-order valence-electron chi connectivity index (χ4n) is 1.92. The van der Waals surface area contributed by atoms with Crippen LogP contribution in [-0.2, 0) is 6.42 Å². The van der Waals surface area contributed by atoms with E-state index in [-0.39, 0.29) is 11.9 Å². The van der Waals surface area contributed by atoms with E-state index in [4.69, 9.17) is 29.0 Å². The average molecular weight is 378 g/mol. The molecule has 0 radical (unpaired) electrons. The molecule has 0 spiro atoms. The number of rotatable bonds is 4. The van der Waals surface area contributed by atoms with E-state index in [0.29, 0.717) is 20.9 Å². The van der Waals surface area contributed by atoms with E-state index in [1.807, 2.05) is 0 Å². The molecule has 0 bridgehead atoms. The van der Waals surface area contributed by atoms with Gasteiger partial charge in [-0.3, -0.25) is 11.3 Å². The third-order valence-corrected chi connectivity index (χ3v) is 4.19.